The lowest BCUT2D eigenvalue weighted by Crippen LogP contribution is -2.46. The molecule has 2 fully saturated rings. The van der Waals surface area contributed by atoms with E-state index in [0.29, 0.717) is 32.6 Å². The van der Waals surface area contributed by atoms with Crippen LogP contribution in [0.5, 0.6) is 0 Å². The van der Waals surface area contributed by atoms with Crippen LogP contribution in [0.15, 0.2) is 12.2 Å². The van der Waals surface area contributed by atoms with Gasteiger partial charge in [0.15, 0.2) is 0 Å². The number of terminal acetylenes is 1. The highest BCUT2D eigenvalue weighted by Gasteiger charge is 2.37. The molecule has 0 bridgehead atoms. The maximum absolute atomic E-state index is 12.0. The van der Waals surface area contributed by atoms with E-state index < -0.39 is 11.2 Å². The van der Waals surface area contributed by atoms with E-state index in [0.717, 1.165) is 32.1 Å². The highest BCUT2D eigenvalue weighted by Crippen LogP contribution is 2.36. The summed E-state index contributed by atoms with van der Waals surface area (Å²) < 4.78 is 10.7. The molecule has 0 aromatic heterocycles. The van der Waals surface area contributed by atoms with Crippen molar-refractivity contribution in [1.82, 2.24) is 9.80 Å². The molecule has 0 radical (unpaired) electrons. The Morgan fingerprint density at radius 2 is 1.22 bits per heavy atom. The minimum absolute atomic E-state index is 0.0645. The monoisotopic (exact) mass is 522 g/mol. The molecule has 2 heterocycles. The Hall–Kier alpha value is -2.24. The molecule has 0 spiro atoms. The zero-order valence-electron chi connectivity index (χ0n) is 24.1. The van der Waals surface area contributed by atoms with Gasteiger partial charge in [-0.25, -0.2) is 9.59 Å². The SMILES string of the molecule is C#CCC1(CO)CCN(C(=O)OC(C)(C)C)CC1.CC=CCC1(CO)CCN(C(=O)OC(C)(C)C)CC1. The van der Waals surface area contributed by atoms with Crippen molar-refractivity contribution in [2.45, 2.75) is 98.2 Å². The Kier molecular flexibility index (Phi) is 12.5. The van der Waals surface area contributed by atoms with Crippen LogP contribution in [0.1, 0.15) is 87.0 Å². The molecule has 2 amide bonds. The first-order chi connectivity index (χ1) is 17.1. The van der Waals surface area contributed by atoms with Crippen LogP contribution in [0.3, 0.4) is 0 Å². The van der Waals surface area contributed by atoms with Crippen molar-refractivity contribution >= 4 is 12.2 Å². The van der Waals surface area contributed by atoms with Crippen LogP contribution in [0.2, 0.25) is 0 Å². The van der Waals surface area contributed by atoms with Gasteiger partial charge in [0.1, 0.15) is 11.2 Å². The van der Waals surface area contributed by atoms with Gasteiger partial charge in [0, 0.05) is 56.6 Å². The number of allylic oxidation sites excluding steroid dienone is 2. The van der Waals surface area contributed by atoms with Crippen LogP contribution in [0, 0.1) is 23.2 Å². The molecular weight excluding hydrogens is 472 g/mol. The quantitative estimate of drug-likeness (QED) is 0.390. The van der Waals surface area contributed by atoms with Gasteiger partial charge < -0.3 is 29.5 Å². The van der Waals surface area contributed by atoms with Gasteiger partial charge in [-0.15, -0.1) is 12.3 Å². The molecule has 8 nitrogen and oxygen atoms in total. The maximum atomic E-state index is 12.0. The Morgan fingerprint density at radius 1 is 0.838 bits per heavy atom. The lowest BCUT2D eigenvalue weighted by atomic mass is 9.76. The summed E-state index contributed by atoms with van der Waals surface area (Å²) in [6.45, 7) is 15.9. The third kappa shape index (κ3) is 11.4. The molecule has 0 unspecified atom stereocenters. The minimum Gasteiger partial charge on any atom is -0.444 e. The highest BCUT2D eigenvalue weighted by molar-refractivity contribution is 5.68. The molecule has 0 saturated carbocycles. The number of rotatable bonds is 5. The predicted octanol–water partition coefficient (Wildman–Crippen LogP) is 4.98. The fraction of sp³-hybridized carbons (Fsp3) is 0.793. The molecule has 2 N–H and O–H groups in total. The van der Waals surface area contributed by atoms with Crippen molar-refractivity contribution in [2.75, 3.05) is 39.4 Å². The molecule has 0 atom stereocenters. The summed E-state index contributed by atoms with van der Waals surface area (Å²) in [5.74, 6) is 2.62. The van der Waals surface area contributed by atoms with E-state index in [1.807, 2.05) is 54.5 Å². The Balaban J connectivity index is 0.000000371. The smallest absolute Gasteiger partial charge is 0.410 e. The van der Waals surface area contributed by atoms with Crippen LogP contribution >= 0.6 is 0 Å². The van der Waals surface area contributed by atoms with Crippen LogP contribution in [-0.2, 0) is 9.47 Å². The number of aliphatic hydroxyl groups excluding tert-OH is 2. The van der Waals surface area contributed by atoms with Gasteiger partial charge in [0.2, 0.25) is 0 Å². The van der Waals surface area contributed by atoms with E-state index in [2.05, 4.69) is 12.0 Å². The number of piperidine rings is 2. The molecular formula is C29H50N2O6. The molecule has 0 aromatic carbocycles. The number of likely N-dealkylation sites (tertiary alicyclic amines) is 2. The van der Waals surface area contributed by atoms with Gasteiger partial charge in [0.25, 0.3) is 0 Å². The summed E-state index contributed by atoms with van der Waals surface area (Å²) in [6.07, 6.45) is 13.5. The van der Waals surface area contributed by atoms with Crippen LogP contribution < -0.4 is 0 Å². The van der Waals surface area contributed by atoms with Gasteiger partial charge in [-0.3, -0.25) is 0 Å². The highest BCUT2D eigenvalue weighted by atomic mass is 16.6. The molecule has 0 aliphatic carbocycles. The number of hydrogen-bond acceptors (Lipinski definition) is 6. The van der Waals surface area contributed by atoms with Crippen molar-refractivity contribution in [2.24, 2.45) is 10.8 Å². The third-order valence-electron chi connectivity index (χ3n) is 6.89. The topological polar surface area (TPSA) is 99.5 Å². The molecule has 37 heavy (non-hydrogen) atoms. The summed E-state index contributed by atoms with van der Waals surface area (Å²) >= 11 is 0. The van der Waals surface area contributed by atoms with E-state index in [4.69, 9.17) is 15.9 Å². The number of aliphatic hydroxyl groups is 2. The third-order valence-corrected chi connectivity index (χ3v) is 6.89. The summed E-state index contributed by atoms with van der Waals surface area (Å²) in [5, 5.41) is 19.1. The Bertz CT molecular complexity index is 787. The lowest BCUT2D eigenvalue weighted by Gasteiger charge is -2.40. The number of nitrogens with zero attached hydrogens (tertiary/aromatic N) is 2. The molecule has 2 saturated heterocycles. The second-order valence-electron chi connectivity index (χ2n) is 12.4. The number of amides is 2. The second-order valence-corrected chi connectivity index (χ2v) is 12.4. The number of hydrogen-bond donors (Lipinski definition) is 2. The van der Waals surface area contributed by atoms with Crippen molar-refractivity contribution in [3.05, 3.63) is 12.2 Å². The summed E-state index contributed by atoms with van der Waals surface area (Å²) in [4.78, 5) is 27.3. The fourth-order valence-corrected chi connectivity index (χ4v) is 4.38. The summed E-state index contributed by atoms with van der Waals surface area (Å²) in [6, 6.07) is 0. The van der Waals surface area contributed by atoms with E-state index >= 15 is 0 Å². The minimum atomic E-state index is -0.471. The predicted molar refractivity (Wildman–Crippen MR) is 146 cm³/mol. The maximum Gasteiger partial charge on any atom is 0.410 e. The van der Waals surface area contributed by atoms with E-state index in [1.54, 1.807) is 9.80 Å². The first-order valence-electron chi connectivity index (χ1n) is 13.4. The van der Waals surface area contributed by atoms with Gasteiger partial charge in [-0.05, 0) is 80.6 Å². The van der Waals surface area contributed by atoms with Gasteiger partial charge in [0.05, 0.1) is 0 Å². The molecule has 2 aliphatic rings. The first-order valence-corrected chi connectivity index (χ1v) is 13.4. The molecule has 0 aromatic rings. The Labute approximate surface area is 224 Å². The standard InChI is InChI=1S/C15H27NO3.C14H23NO3/c1-5-6-7-15(12-17)8-10-16(11-9-15)13(18)19-14(2,3)4;1-5-6-14(11-16)7-9-15(10-8-14)12(17)18-13(2,3)4/h5-6,17H,7-12H2,1-4H3;1,16H,6-11H2,2-4H3. The molecule has 2 aliphatic heterocycles. The van der Waals surface area contributed by atoms with Crippen molar-refractivity contribution in [3.8, 4) is 12.3 Å². The van der Waals surface area contributed by atoms with E-state index in [-0.39, 0.29) is 36.2 Å². The average Bonchev–Trinajstić information content (AvgIpc) is 2.82. The first kappa shape index (κ1) is 32.8. The fourth-order valence-electron chi connectivity index (χ4n) is 4.38. The molecule has 8 heteroatoms. The van der Waals surface area contributed by atoms with Gasteiger partial charge >= 0.3 is 12.2 Å². The largest absolute Gasteiger partial charge is 0.444 e. The van der Waals surface area contributed by atoms with Crippen molar-refractivity contribution in [3.63, 3.8) is 0 Å². The average molecular weight is 523 g/mol. The van der Waals surface area contributed by atoms with E-state index in [1.165, 1.54) is 0 Å². The number of ether oxygens (including phenoxy) is 2. The zero-order valence-corrected chi connectivity index (χ0v) is 24.1. The second kappa shape index (κ2) is 14.1. The van der Waals surface area contributed by atoms with Crippen LogP contribution in [0.25, 0.3) is 0 Å². The van der Waals surface area contributed by atoms with Crippen molar-refractivity contribution < 1.29 is 29.3 Å². The van der Waals surface area contributed by atoms with Gasteiger partial charge in [-0.2, -0.15) is 0 Å². The Morgan fingerprint density at radius 3 is 1.51 bits per heavy atom. The number of carbonyl (C=O) groups is 2. The molecule has 212 valence electrons. The summed E-state index contributed by atoms with van der Waals surface area (Å²) in [7, 11) is 0. The zero-order chi connectivity index (χ0) is 28.3. The van der Waals surface area contributed by atoms with Crippen LogP contribution in [-0.4, -0.2) is 82.8 Å². The van der Waals surface area contributed by atoms with E-state index in [9.17, 15) is 19.8 Å². The summed E-state index contributed by atoms with van der Waals surface area (Å²) in [5.41, 5.74) is -1.20. The van der Waals surface area contributed by atoms with Crippen molar-refractivity contribution in [1.29, 1.82) is 0 Å². The van der Waals surface area contributed by atoms with Crippen LogP contribution in [0.4, 0.5) is 9.59 Å². The molecule has 2 rings (SSSR count). The van der Waals surface area contributed by atoms with Gasteiger partial charge in [-0.1, -0.05) is 12.2 Å². The normalized spacial score (nSPS) is 19.5. The lowest BCUT2D eigenvalue weighted by molar-refractivity contribution is -0.0000839. The number of carbonyl (C=O) groups excluding carboxylic acids is 2.